The molecule has 4 nitrogen and oxygen atoms in total. The van der Waals surface area contributed by atoms with Crippen molar-refractivity contribution in [1.29, 1.82) is 0 Å². The Morgan fingerprint density at radius 2 is 1.62 bits per heavy atom. The van der Waals surface area contributed by atoms with E-state index in [1.54, 1.807) is 0 Å². The van der Waals surface area contributed by atoms with Crippen LogP contribution in [-0.2, 0) is 19.0 Å². The fraction of sp³-hybridized carbons (Fsp3) is 0.972. The number of unbranched alkanes of at least 4 members (excludes halogenated alkanes) is 5. The van der Waals surface area contributed by atoms with Gasteiger partial charge in [-0.15, -0.1) is 0 Å². The van der Waals surface area contributed by atoms with Gasteiger partial charge in [0.25, 0.3) is 0 Å². The predicted octanol–water partition coefficient (Wildman–Crippen LogP) is 9.10. The van der Waals surface area contributed by atoms with Gasteiger partial charge in [0.1, 0.15) is 6.10 Å². The molecule has 1 spiro atoms. The maximum absolute atomic E-state index is 12.6. The quantitative estimate of drug-likeness (QED) is 0.221. The number of carbonyl (C=O) groups excluding carboxylic acids is 1. The van der Waals surface area contributed by atoms with E-state index in [2.05, 4.69) is 34.6 Å². The second-order valence-corrected chi connectivity index (χ2v) is 16.1. The molecule has 4 heteroatoms. The van der Waals surface area contributed by atoms with Crippen molar-refractivity contribution in [2.24, 2.45) is 52.3 Å². The summed E-state index contributed by atoms with van der Waals surface area (Å²) in [5, 5.41) is 0. The molecule has 6 aliphatic rings. The number of hydrogen-bond donors (Lipinski definition) is 0. The molecule has 228 valence electrons. The van der Waals surface area contributed by atoms with Crippen LogP contribution in [0.3, 0.4) is 0 Å². The number of hydrogen-bond acceptors (Lipinski definition) is 4. The van der Waals surface area contributed by atoms with E-state index in [1.165, 1.54) is 77.0 Å². The zero-order chi connectivity index (χ0) is 28.1. The van der Waals surface area contributed by atoms with Crippen LogP contribution in [0.1, 0.15) is 144 Å². The summed E-state index contributed by atoms with van der Waals surface area (Å²) in [5.41, 5.74) is 0.814. The van der Waals surface area contributed by atoms with E-state index in [9.17, 15) is 4.79 Å². The highest BCUT2D eigenvalue weighted by atomic mass is 16.7. The van der Waals surface area contributed by atoms with Crippen molar-refractivity contribution in [3.05, 3.63) is 0 Å². The first-order valence-corrected chi connectivity index (χ1v) is 17.7. The number of esters is 1. The standard InChI is InChI=1S/C36H60O4/c1-6-7-8-9-10-11-12-32(37)39-27-16-18-34(4)26(21-27)13-14-28-29(34)17-19-35(5)30(28)22-31-33(35)25(3)36(40-31)20-15-24(2)23-38-36/h24-31,33H,6-23H2,1-5H3/t24-,25+,26+,27-,28-,29?,30?,31+,33+,34+,35+,36-/m1/s1. The Hall–Kier alpha value is -0.610. The summed E-state index contributed by atoms with van der Waals surface area (Å²) in [6.07, 6.45) is 20.9. The first kappa shape index (κ1) is 29.5. The van der Waals surface area contributed by atoms with Gasteiger partial charge in [0.2, 0.25) is 0 Å². The van der Waals surface area contributed by atoms with E-state index in [1.807, 2.05) is 0 Å². The summed E-state index contributed by atoms with van der Waals surface area (Å²) in [6.45, 7) is 13.2. The van der Waals surface area contributed by atoms with Gasteiger partial charge in [-0.1, -0.05) is 66.7 Å². The largest absolute Gasteiger partial charge is 0.462 e. The smallest absolute Gasteiger partial charge is 0.306 e. The van der Waals surface area contributed by atoms with Gasteiger partial charge in [0.05, 0.1) is 12.7 Å². The van der Waals surface area contributed by atoms with Gasteiger partial charge in [-0.25, -0.2) is 0 Å². The van der Waals surface area contributed by atoms with E-state index in [4.69, 9.17) is 14.2 Å². The minimum atomic E-state index is -0.304. The SMILES string of the molecule is CCCCCCCCC(=O)O[C@@H]1CC[C@]2(C)C3CC[C@@]4(C)C(C[C@@H]5O[C@]6(CC[C@@H](C)CO6)[C@@H](C)[C@@H]54)[C@@H]3CC[C@H]2C1. The maximum Gasteiger partial charge on any atom is 0.306 e. The van der Waals surface area contributed by atoms with Crippen LogP contribution in [0.2, 0.25) is 0 Å². The topological polar surface area (TPSA) is 44.8 Å². The predicted molar refractivity (Wildman–Crippen MR) is 160 cm³/mol. The van der Waals surface area contributed by atoms with Gasteiger partial charge in [-0.3, -0.25) is 4.79 Å². The van der Waals surface area contributed by atoms with E-state index >= 15 is 0 Å². The summed E-state index contributed by atoms with van der Waals surface area (Å²) < 4.78 is 19.6. The molecule has 2 heterocycles. The molecule has 40 heavy (non-hydrogen) atoms. The Kier molecular flexibility index (Phi) is 8.45. The molecular weight excluding hydrogens is 496 g/mol. The molecule has 0 amide bonds. The van der Waals surface area contributed by atoms with E-state index in [-0.39, 0.29) is 17.9 Å². The lowest BCUT2D eigenvalue weighted by Gasteiger charge is -2.61. The molecule has 12 atom stereocenters. The van der Waals surface area contributed by atoms with Crippen LogP contribution in [0.5, 0.6) is 0 Å². The molecule has 0 aromatic rings. The fourth-order valence-corrected chi connectivity index (χ4v) is 11.6. The van der Waals surface area contributed by atoms with Gasteiger partial charge >= 0.3 is 5.97 Å². The number of rotatable bonds is 8. The molecule has 2 unspecified atom stereocenters. The van der Waals surface area contributed by atoms with Crippen LogP contribution in [0, 0.1) is 52.3 Å². The van der Waals surface area contributed by atoms with Crippen molar-refractivity contribution in [2.45, 2.75) is 162 Å². The van der Waals surface area contributed by atoms with Crippen molar-refractivity contribution in [1.82, 2.24) is 0 Å². The van der Waals surface area contributed by atoms with Gasteiger partial charge in [0.15, 0.2) is 5.79 Å². The molecule has 0 N–H and O–H groups in total. The van der Waals surface area contributed by atoms with Gasteiger partial charge in [-0.05, 0) is 111 Å². The van der Waals surface area contributed by atoms with Crippen LogP contribution in [0.15, 0.2) is 0 Å². The van der Waals surface area contributed by atoms with E-state index in [0.29, 0.717) is 41.1 Å². The second kappa shape index (κ2) is 11.5. The lowest BCUT2D eigenvalue weighted by atomic mass is 9.44. The molecule has 0 bridgehead atoms. The van der Waals surface area contributed by atoms with Crippen molar-refractivity contribution in [3.63, 3.8) is 0 Å². The van der Waals surface area contributed by atoms with Crippen LogP contribution in [-0.4, -0.2) is 30.6 Å². The van der Waals surface area contributed by atoms with Crippen molar-refractivity contribution >= 4 is 5.97 Å². The minimum Gasteiger partial charge on any atom is -0.462 e. The van der Waals surface area contributed by atoms with Gasteiger partial charge in [-0.2, -0.15) is 0 Å². The summed E-state index contributed by atoms with van der Waals surface area (Å²) in [5.74, 6) is 4.77. The van der Waals surface area contributed by atoms with Crippen LogP contribution in [0.4, 0.5) is 0 Å². The molecule has 2 saturated heterocycles. The first-order valence-electron chi connectivity index (χ1n) is 17.7. The molecule has 2 aliphatic heterocycles. The average molecular weight is 557 g/mol. The Morgan fingerprint density at radius 3 is 2.40 bits per heavy atom. The second-order valence-electron chi connectivity index (χ2n) is 16.1. The summed E-state index contributed by atoms with van der Waals surface area (Å²) >= 11 is 0. The summed E-state index contributed by atoms with van der Waals surface area (Å²) in [7, 11) is 0. The van der Waals surface area contributed by atoms with Crippen LogP contribution >= 0.6 is 0 Å². The van der Waals surface area contributed by atoms with Gasteiger partial charge in [0, 0.05) is 18.8 Å². The van der Waals surface area contributed by atoms with E-state index < -0.39 is 0 Å². The van der Waals surface area contributed by atoms with Gasteiger partial charge < -0.3 is 14.2 Å². The monoisotopic (exact) mass is 556 g/mol. The van der Waals surface area contributed by atoms with Crippen LogP contribution in [0.25, 0.3) is 0 Å². The highest BCUT2D eigenvalue weighted by Gasteiger charge is 2.69. The normalized spacial score (nSPS) is 49.7. The number of fused-ring (bicyclic) bond motifs is 7. The van der Waals surface area contributed by atoms with Crippen molar-refractivity contribution in [3.8, 4) is 0 Å². The third-order valence-corrected chi connectivity index (χ3v) is 13.9. The number of carbonyl (C=O) groups is 1. The zero-order valence-electron chi connectivity index (χ0n) is 26.6. The average Bonchev–Trinajstić information content (AvgIpc) is 3.38. The molecule has 6 fully saturated rings. The summed E-state index contributed by atoms with van der Waals surface area (Å²) in [6, 6.07) is 0. The Labute approximate surface area is 245 Å². The Morgan fingerprint density at radius 1 is 0.850 bits per heavy atom. The molecule has 0 aromatic carbocycles. The highest BCUT2D eigenvalue weighted by Crippen LogP contribution is 2.71. The minimum absolute atomic E-state index is 0.0620. The van der Waals surface area contributed by atoms with Crippen molar-refractivity contribution < 1.29 is 19.0 Å². The number of ether oxygens (including phenoxy) is 3. The molecule has 6 rings (SSSR count). The fourth-order valence-electron chi connectivity index (χ4n) is 11.6. The Bertz CT molecular complexity index is 893. The lowest BCUT2D eigenvalue weighted by molar-refractivity contribution is -0.273. The third-order valence-electron chi connectivity index (χ3n) is 13.9. The molecule has 4 saturated carbocycles. The maximum atomic E-state index is 12.6. The van der Waals surface area contributed by atoms with Crippen LogP contribution < -0.4 is 0 Å². The first-order chi connectivity index (χ1) is 19.2. The Balaban J connectivity index is 1.05. The third kappa shape index (κ3) is 5.01. The molecule has 4 aliphatic carbocycles. The summed E-state index contributed by atoms with van der Waals surface area (Å²) in [4.78, 5) is 12.6. The molecular formula is C36H60O4. The molecule has 0 radical (unpaired) electrons. The van der Waals surface area contributed by atoms with Crippen molar-refractivity contribution in [2.75, 3.05) is 6.61 Å². The highest BCUT2D eigenvalue weighted by molar-refractivity contribution is 5.69. The lowest BCUT2D eigenvalue weighted by Crippen LogP contribution is -2.55. The zero-order valence-corrected chi connectivity index (χ0v) is 26.6. The molecule has 0 aromatic heterocycles. The van der Waals surface area contributed by atoms with E-state index in [0.717, 1.165) is 56.0 Å².